The van der Waals surface area contributed by atoms with Gasteiger partial charge in [0.1, 0.15) is 10.7 Å². The molecule has 0 aromatic carbocycles. The topological polar surface area (TPSA) is 75.3 Å². The molecule has 2 unspecified atom stereocenters. The van der Waals surface area contributed by atoms with Gasteiger partial charge < -0.3 is 14.6 Å². The van der Waals surface area contributed by atoms with Crippen molar-refractivity contribution in [3.8, 4) is 0 Å². The lowest BCUT2D eigenvalue weighted by Gasteiger charge is -2.35. The molecule has 3 heterocycles. The van der Waals surface area contributed by atoms with Crippen LogP contribution in [0.15, 0.2) is 4.79 Å². The molecule has 7 heteroatoms. The number of thiophene rings is 1. The van der Waals surface area contributed by atoms with Crippen LogP contribution >= 0.6 is 11.3 Å². The van der Waals surface area contributed by atoms with Crippen LogP contribution in [0.2, 0.25) is 0 Å². The normalized spacial score (nSPS) is 22.3. The molecule has 118 valence electrons. The number of aromatic amines is 1. The lowest BCUT2D eigenvalue weighted by Crippen LogP contribution is -2.48. The molecule has 2 atom stereocenters. The third-order valence-electron chi connectivity index (χ3n) is 3.82. The minimum absolute atomic E-state index is 0.0196. The Labute approximate surface area is 132 Å². The number of rotatable bonds is 1. The molecule has 1 saturated heterocycles. The van der Waals surface area contributed by atoms with Gasteiger partial charge in [0.25, 0.3) is 11.5 Å². The van der Waals surface area contributed by atoms with Gasteiger partial charge in [-0.3, -0.25) is 9.59 Å². The molecule has 0 aliphatic carbocycles. The molecule has 2 aromatic rings. The van der Waals surface area contributed by atoms with Gasteiger partial charge in [-0.1, -0.05) is 0 Å². The molecule has 1 fully saturated rings. The maximum absolute atomic E-state index is 12.8. The number of H-pyrrole nitrogens is 1. The zero-order valence-corrected chi connectivity index (χ0v) is 13.9. The first-order valence-electron chi connectivity index (χ1n) is 7.31. The fraction of sp³-hybridized carbons (Fsp3) is 0.533. The van der Waals surface area contributed by atoms with Crippen molar-refractivity contribution in [2.24, 2.45) is 0 Å². The lowest BCUT2D eigenvalue weighted by atomic mass is 10.1. The number of aryl methyl sites for hydroxylation is 2. The molecule has 0 saturated carbocycles. The smallest absolute Gasteiger partial charge is 0.264 e. The maximum atomic E-state index is 12.8. The van der Waals surface area contributed by atoms with Gasteiger partial charge in [-0.2, -0.15) is 0 Å². The third kappa shape index (κ3) is 2.55. The zero-order valence-electron chi connectivity index (χ0n) is 13.1. The molecule has 1 aliphatic heterocycles. The van der Waals surface area contributed by atoms with E-state index in [4.69, 9.17) is 4.74 Å². The van der Waals surface area contributed by atoms with E-state index in [9.17, 15) is 9.59 Å². The first-order chi connectivity index (χ1) is 10.4. The molecule has 0 radical (unpaired) electrons. The number of hydrogen-bond donors (Lipinski definition) is 1. The van der Waals surface area contributed by atoms with E-state index in [-0.39, 0.29) is 23.7 Å². The first-order valence-corrected chi connectivity index (χ1v) is 8.13. The monoisotopic (exact) mass is 321 g/mol. The van der Waals surface area contributed by atoms with E-state index < -0.39 is 0 Å². The van der Waals surface area contributed by atoms with Gasteiger partial charge in [0.05, 0.1) is 22.5 Å². The van der Waals surface area contributed by atoms with Gasteiger partial charge in [-0.15, -0.1) is 11.3 Å². The van der Waals surface area contributed by atoms with Crippen molar-refractivity contribution in [2.75, 3.05) is 13.1 Å². The second-order valence-corrected chi connectivity index (χ2v) is 6.85. The fourth-order valence-electron chi connectivity index (χ4n) is 2.94. The van der Waals surface area contributed by atoms with Crippen molar-refractivity contribution in [1.29, 1.82) is 0 Å². The Hall–Kier alpha value is -1.73. The van der Waals surface area contributed by atoms with E-state index in [0.29, 0.717) is 39.6 Å². The van der Waals surface area contributed by atoms with Crippen molar-refractivity contribution in [3.63, 3.8) is 0 Å². The molecule has 2 aromatic heterocycles. The Kier molecular flexibility index (Phi) is 3.78. The zero-order chi connectivity index (χ0) is 16.0. The summed E-state index contributed by atoms with van der Waals surface area (Å²) in [5.41, 5.74) is 0.532. The summed E-state index contributed by atoms with van der Waals surface area (Å²) in [6, 6.07) is 0. The summed E-state index contributed by atoms with van der Waals surface area (Å²) in [4.78, 5) is 35.0. The highest BCUT2D eigenvalue weighted by molar-refractivity contribution is 7.20. The van der Waals surface area contributed by atoms with Gasteiger partial charge in [-0.05, 0) is 33.3 Å². The largest absolute Gasteiger partial charge is 0.372 e. The molecular formula is C15H19N3O3S. The van der Waals surface area contributed by atoms with Crippen molar-refractivity contribution in [3.05, 3.63) is 26.6 Å². The first kappa shape index (κ1) is 15.2. The van der Waals surface area contributed by atoms with E-state index >= 15 is 0 Å². The predicted octanol–water partition coefficient (Wildman–Crippen LogP) is 1.85. The van der Waals surface area contributed by atoms with Crippen molar-refractivity contribution < 1.29 is 9.53 Å². The highest BCUT2D eigenvalue weighted by Gasteiger charge is 2.29. The van der Waals surface area contributed by atoms with Crippen LogP contribution in [-0.4, -0.2) is 46.1 Å². The number of ether oxygens (including phenoxy) is 1. The van der Waals surface area contributed by atoms with E-state index in [1.54, 1.807) is 11.8 Å². The fourth-order valence-corrected chi connectivity index (χ4v) is 4.14. The minimum atomic E-state index is -0.181. The van der Waals surface area contributed by atoms with Crippen LogP contribution in [-0.2, 0) is 4.74 Å². The van der Waals surface area contributed by atoms with Crippen LogP contribution < -0.4 is 5.56 Å². The number of carbonyl (C=O) groups is 1. The summed E-state index contributed by atoms with van der Waals surface area (Å²) >= 11 is 1.29. The summed E-state index contributed by atoms with van der Waals surface area (Å²) in [7, 11) is 0. The van der Waals surface area contributed by atoms with Gasteiger partial charge in [-0.25, -0.2) is 4.98 Å². The third-order valence-corrected chi connectivity index (χ3v) is 4.99. The number of hydrogen-bond acceptors (Lipinski definition) is 5. The Balaban J connectivity index is 2.03. The number of nitrogens with zero attached hydrogens (tertiary/aromatic N) is 2. The summed E-state index contributed by atoms with van der Waals surface area (Å²) < 4.78 is 5.67. The number of carbonyl (C=O) groups excluding carboxylic acids is 1. The summed E-state index contributed by atoms with van der Waals surface area (Å²) in [6.45, 7) is 8.61. The van der Waals surface area contributed by atoms with Gasteiger partial charge >= 0.3 is 0 Å². The standard InChI is InChI=1S/C15H19N3O3S/c1-7-5-18(6-8(2)21-7)15(20)12-9(3)11-13(19)16-10(4)17-14(11)22-12/h7-8H,5-6H2,1-4H3,(H,16,17,19). The van der Waals surface area contributed by atoms with Crippen LogP contribution in [0.25, 0.3) is 10.2 Å². The van der Waals surface area contributed by atoms with Crippen molar-refractivity contribution >= 4 is 27.5 Å². The van der Waals surface area contributed by atoms with Gasteiger partial charge in [0.15, 0.2) is 0 Å². The van der Waals surface area contributed by atoms with E-state index in [0.717, 1.165) is 0 Å². The molecule has 0 bridgehead atoms. The summed E-state index contributed by atoms with van der Waals surface area (Å²) in [5.74, 6) is 0.519. The molecule has 1 amide bonds. The molecule has 1 aliphatic rings. The second kappa shape index (κ2) is 5.48. The highest BCUT2D eigenvalue weighted by Crippen LogP contribution is 2.29. The van der Waals surface area contributed by atoms with Crippen LogP contribution in [0.3, 0.4) is 0 Å². The van der Waals surface area contributed by atoms with Gasteiger partial charge in [0.2, 0.25) is 0 Å². The summed E-state index contributed by atoms with van der Waals surface area (Å²) in [6.07, 6.45) is 0.0392. The Bertz CT molecular complexity index is 785. The number of morpholine rings is 1. The highest BCUT2D eigenvalue weighted by atomic mass is 32.1. The minimum Gasteiger partial charge on any atom is -0.372 e. The number of fused-ring (bicyclic) bond motifs is 1. The number of amides is 1. The van der Waals surface area contributed by atoms with Crippen molar-refractivity contribution in [1.82, 2.24) is 14.9 Å². The van der Waals surface area contributed by atoms with Crippen LogP contribution in [0, 0.1) is 13.8 Å². The van der Waals surface area contributed by atoms with E-state index in [1.807, 2.05) is 20.8 Å². The van der Waals surface area contributed by atoms with E-state index in [1.165, 1.54) is 11.3 Å². The van der Waals surface area contributed by atoms with Crippen LogP contribution in [0.4, 0.5) is 0 Å². The number of aromatic nitrogens is 2. The Morgan fingerprint density at radius 2 is 1.95 bits per heavy atom. The molecule has 1 N–H and O–H groups in total. The molecule has 3 rings (SSSR count). The quantitative estimate of drug-likeness (QED) is 0.870. The lowest BCUT2D eigenvalue weighted by molar-refractivity contribution is -0.0585. The molecule has 6 nitrogen and oxygen atoms in total. The average Bonchev–Trinajstić information content (AvgIpc) is 2.73. The molecule has 0 spiro atoms. The van der Waals surface area contributed by atoms with E-state index in [2.05, 4.69) is 9.97 Å². The van der Waals surface area contributed by atoms with Crippen molar-refractivity contribution in [2.45, 2.75) is 39.9 Å². The maximum Gasteiger partial charge on any atom is 0.264 e. The Morgan fingerprint density at radius 1 is 1.32 bits per heavy atom. The SMILES string of the molecule is Cc1nc2sc(C(=O)N3CC(C)OC(C)C3)c(C)c2c(=O)[nH]1. The summed E-state index contributed by atoms with van der Waals surface area (Å²) in [5, 5.41) is 0.522. The average molecular weight is 321 g/mol. The van der Waals surface area contributed by atoms with Crippen LogP contribution in [0.1, 0.15) is 34.9 Å². The van der Waals surface area contributed by atoms with Gasteiger partial charge in [0, 0.05) is 13.1 Å². The Morgan fingerprint density at radius 3 is 2.59 bits per heavy atom. The molecular weight excluding hydrogens is 302 g/mol. The predicted molar refractivity (Wildman–Crippen MR) is 85.6 cm³/mol. The number of nitrogens with one attached hydrogen (secondary N) is 1. The second-order valence-electron chi connectivity index (χ2n) is 5.86. The molecule has 22 heavy (non-hydrogen) atoms. The van der Waals surface area contributed by atoms with Crippen LogP contribution in [0.5, 0.6) is 0 Å².